The zero-order valence-electron chi connectivity index (χ0n) is 15.3. The van der Waals surface area contributed by atoms with E-state index in [-0.39, 0.29) is 0 Å². The lowest BCUT2D eigenvalue weighted by Gasteiger charge is -2.08. The highest BCUT2D eigenvalue weighted by atomic mass is 32.2. The van der Waals surface area contributed by atoms with E-state index in [4.69, 9.17) is 17.0 Å². The number of ether oxygens (including phenoxy) is 1. The molecule has 144 valence electrons. The quantitative estimate of drug-likeness (QED) is 0.180. The molecule has 28 heavy (non-hydrogen) atoms. The first-order valence-corrected chi connectivity index (χ1v) is 10.7. The van der Waals surface area contributed by atoms with Crippen molar-refractivity contribution in [2.24, 2.45) is 5.10 Å². The van der Waals surface area contributed by atoms with Gasteiger partial charge in [-0.05, 0) is 48.1 Å². The fourth-order valence-corrected chi connectivity index (χ4v) is 4.60. The number of hydrogen-bond donors (Lipinski definition) is 2. The lowest BCUT2D eigenvalue weighted by atomic mass is 10.1. The third-order valence-corrected chi connectivity index (χ3v) is 6.18. The standard InChI is InChI=1S/C20H20N4OS3/c1-3-10-21-19(26)24-22-12-14-8-9-17(25-2)15(11-14)13-27-20-23-16-6-4-5-7-18(16)28-20/h3-9,11-12H,1,10,13H2,2H3,(H2,21,24,26). The molecule has 0 unspecified atom stereocenters. The van der Waals surface area contributed by atoms with Gasteiger partial charge in [0, 0.05) is 17.9 Å². The van der Waals surface area contributed by atoms with Crippen LogP contribution in [0, 0.1) is 0 Å². The van der Waals surface area contributed by atoms with E-state index < -0.39 is 0 Å². The summed E-state index contributed by atoms with van der Waals surface area (Å²) in [4.78, 5) is 4.68. The number of hydrazone groups is 1. The summed E-state index contributed by atoms with van der Waals surface area (Å²) in [5.74, 6) is 1.61. The number of thiazole rings is 1. The molecular formula is C20H20N4OS3. The van der Waals surface area contributed by atoms with Crippen LogP contribution in [-0.2, 0) is 5.75 Å². The topological polar surface area (TPSA) is 58.5 Å². The Morgan fingerprint density at radius 3 is 3.00 bits per heavy atom. The van der Waals surface area contributed by atoms with Gasteiger partial charge in [-0.1, -0.05) is 30.0 Å². The van der Waals surface area contributed by atoms with Crippen molar-refractivity contribution in [2.45, 2.75) is 10.1 Å². The first-order chi connectivity index (χ1) is 13.7. The monoisotopic (exact) mass is 428 g/mol. The van der Waals surface area contributed by atoms with Crippen LogP contribution in [-0.4, -0.2) is 30.0 Å². The zero-order chi connectivity index (χ0) is 19.8. The molecule has 1 aromatic heterocycles. The van der Waals surface area contributed by atoms with Gasteiger partial charge in [0.05, 0.1) is 23.5 Å². The second kappa shape index (κ2) is 10.2. The van der Waals surface area contributed by atoms with Crippen LogP contribution in [0.2, 0.25) is 0 Å². The van der Waals surface area contributed by atoms with E-state index in [9.17, 15) is 0 Å². The largest absolute Gasteiger partial charge is 0.496 e. The predicted octanol–water partition coefficient (Wildman–Crippen LogP) is 4.58. The lowest BCUT2D eigenvalue weighted by molar-refractivity contribution is 0.411. The maximum absolute atomic E-state index is 5.50. The summed E-state index contributed by atoms with van der Waals surface area (Å²) < 4.78 is 7.75. The molecule has 8 heteroatoms. The Kier molecular flexibility index (Phi) is 7.41. The van der Waals surface area contributed by atoms with Gasteiger partial charge in [0.1, 0.15) is 5.75 Å². The van der Waals surface area contributed by atoms with Gasteiger partial charge >= 0.3 is 0 Å². The van der Waals surface area contributed by atoms with Crippen molar-refractivity contribution in [2.75, 3.05) is 13.7 Å². The molecule has 0 aliphatic rings. The molecule has 0 saturated heterocycles. The summed E-state index contributed by atoms with van der Waals surface area (Å²) in [7, 11) is 1.68. The van der Waals surface area contributed by atoms with E-state index in [1.165, 1.54) is 4.70 Å². The first-order valence-electron chi connectivity index (χ1n) is 8.52. The number of para-hydroxylation sites is 1. The molecule has 1 heterocycles. The summed E-state index contributed by atoms with van der Waals surface area (Å²) in [6, 6.07) is 14.1. The molecule has 0 atom stereocenters. The molecule has 0 bridgehead atoms. The normalized spacial score (nSPS) is 10.9. The molecule has 5 nitrogen and oxygen atoms in total. The van der Waals surface area contributed by atoms with Crippen LogP contribution in [0.15, 0.2) is 64.6 Å². The molecular weight excluding hydrogens is 408 g/mol. The lowest BCUT2D eigenvalue weighted by Crippen LogP contribution is -2.31. The summed E-state index contributed by atoms with van der Waals surface area (Å²) >= 11 is 8.52. The maximum Gasteiger partial charge on any atom is 0.187 e. The van der Waals surface area contributed by atoms with E-state index in [0.29, 0.717) is 11.7 Å². The second-order valence-electron chi connectivity index (χ2n) is 5.68. The van der Waals surface area contributed by atoms with Crippen molar-refractivity contribution in [3.05, 3.63) is 66.2 Å². The minimum atomic E-state index is 0.455. The number of nitrogens with zero attached hydrogens (tertiary/aromatic N) is 2. The molecule has 0 spiro atoms. The zero-order valence-corrected chi connectivity index (χ0v) is 17.8. The van der Waals surface area contributed by atoms with Crippen LogP contribution >= 0.6 is 35.3 Å². The molecule has 0 fully saturated rings. The van der Waals surface area contributed by atoms with Gasteiger partial charge in [-0.15, -0.1) is 17.9 Å². The second-order valence-corrected chi connectivity index (χ2v) is 8.34. The van der Waals surface area contributed by atoms with Crippen molar-refractivity contribution < 1.29 is 4.74 Å². The number of thioether (sulfide) groups is 1. The Morgan fingerprint density at radius 1 is 1.36 bits per heavy atom. The molecule has 3 aromatic rings. The van der Waals surface area contributed by atoms with Crippen LogP contribution in [0.5, 0.6) is 5.75 Å². The third kappa shape index (κ3) is 5.54. The van der Waals surface area contributed by atoms with E-state index >= 15 is 0 Å². The fraction of sp³-hybridized carbons (Fsp3) is 0.150. The first kappa shape index (κ1) is 20.3. The van der Waals surface area contributed by atoms with Gasteiger partial charge < -0.3 is 10.1 Å². The molecule has 0 aliphatic heterocycles. The van der Waals surface area contributed by atoms with Crippen molar-refractivity contribution in [1.82, 2.24) is 15.7 Å². The SMILES string of the molecule is C=CCNC(=S)NN=Cc1ccc(OC)c(CSc2nc3ccccc3s2)c1. The highest BCUT2D eigenvalue weighted by molar-refractivity contribution is 8.00. The van der Waals surface area contributed by atoms with E-state index in [1.807, 2.05) is 30.3 Å². The number of nitrogens with one attached hydrogen (secondary N) is 2. The Hall–Kier alpha value is -2.42. The summed E-state index contributed by atoms with van der Waals surface area (Å²) in [6.45, 7) is 4.23. The predicted molar refractivity (Wildman–Crippen MR) is 124 cm³/mol. The van der Waals surface area contributed by atoms with Gasteiger partial charge in [0.2, 0.25) is 0 Å². The Bertz CT molecular complexity index is 967. The average molecular weight is 429 g/mol. The van der Waals surface area contributed by atoms with Gasteiger partial charge in [-0.3, -0.25) is 5.43 Å². The van der Waals surface area contributed by atoms with Crippen LogP contribution < -0.4 is 15.5 Å². The van der Waals surface area contributed by atoms with Gasteiger partial charge in [0.25, 0.3) is 0 Å². The summed E-state index contributed by atoms with van der Waals surface area (Å²) in [5.41, 5.74) is 5.87. The van der Waals surface area contributed by atoms with Gasteiger partial charge in [0.15, 0.2) is 9.45 Å². The summed E-state index contributed by atoms with van der Waals surface area (Å²) in [5, 5.41) is 7.58. The molecule has 3 rings (SSSR count). The van der Waals surface area contributed by atoms with Crippen molar-refractivity contribution in [3.8, 4) is 5.75 Å². The van der Waals surface area contributed by atoms with Crippen molar-refractivity contribution in [3.63, 3.8) is 0 Å². The van der Waals surface area contributed by atoms with E-state index in [0.717, 1.165) is 32.5 Å². The Balaban J connectivity index is 1.66. The average Bonchev–Trinajstić information content (AvgIpc) is 3.14. The molecule has 2 aromatic carbocycles. The van der Waals surface area contributed by atoms with Crippen LogP contribution in [0.25, 0.3) is 10.2 Å². The number of methoxy groups -OCH3 is 1. The maximum atomic E-state index is 5.50. The highest BCUT2D eigenvalue weighted by Crippen LogP contribution is 2.33. The van der Waals surface area contributed by atoms with Crippen molar-refractivity contribution >= 4 is 56.9 Å². The number of benzene rings is 2. The number of hydrogen-bond acceptors (Lipinski definition) is 6. The third-order valence-electron chi connectivity index (χ3n) is 3.72. The van der Waals surface area contributed by atoms with Gasteiger partial charge in [-0.2, -0.15) is 5.10 Å². The molecule has 0 saturated carbocycles. The van der Waals surface area contributed by atoms with E-state index in [2.05, 4.69) is 39.5 Å². The number of fused-ring (bicyclic) bond motifs is 1. The minimum absolute atomic E-state index is 0.455. The minimum Gasteiger partial charge on any atom is -0.496 e. The van der Waals surface area contributed by atoms with Crippen LogP contribution in [0.3, 0.4) is 0 Å². The Labute approximate surface area is 177 Å². The van der Waals surface area contributed by atoms with Crippen LogP contribution in [0.4, 0.5) is 0 Å². The van der Waals surface area contributed by atoms with Crippen LogP contribution in [0.1, 0.15) is 11.1 Å². The molecule has 0 amide bonds. The molecule has 2 N–H and O–H groups in total. The smallest absolute Gasteiger partial charge is 0.187 e. The summed E-state index contributed by atoms with van der Waals surface area (Å²) in [6.07, 6.45) is 3.46. The number of aromatic nitrogens is 1. The van der Waals surface area contributed by atoms with Crippen molar-refractivity contribution in [1.29, 1.82) is 0 Å². The van der Waals surface area contributed by atoms with Gasteiger partial charge in [-0.25, -0.2) is 4.98 Å². The number of thiocarbonyl (C=S) groups is 1. The van der Waals surface area contributed by atoms with E-state index in [1.54, 1.807) is 42.5 Å². The fourth-order valence-electron chi connectivity index (χ4n) is 2.41. The molecule has 0 aliphatic carbocycles. The highest BCUT2D eigenvalue weighted by Gasteiger charge is 2.08. The Morgan fingerprint density at radius 2 is 2.21 bits per heavy atom. The molecule has 0 radical (unpaired) electrons. The number of rotatable bonds is 8.